The molecule has 2 aromatic rings. The molecular weight excluding hydrogens is 395 g/mol. The molecule has 1 aliphatic rings. The lowest BCUT2D eigenvalue weighted by molar-refractivity contribution is -0.140. The number of amides is 3. The summed E-state index contributed by atoms with van der Waals surface area (Å²) in [4.78, 5) is 35.5. The van der Waals surface area contributed by atoms with Crippen molar-refractivity contribution < 1.29 is 33.4 Å². The van der Waals surface area contributed by atoms with Crippen LogP contribution in [0.4, 0.5) is 9.18 Å². The summed E-state index contributed by atoms with van der Waals surface area (Å²) in [5, 5.41) is 11.2. The number of aliphatic carboxylic acids is 1. The van der Waals surface area contributed by atoms with Gasteiger partial charge in [0.2, 0.25) is 0 Å². The third kappa shape index (κ3) is 4.75. The van der Waals surface area contributed by atoms with Crippen LogP contribution in [0.3, 0.4) is 0 Å². The summed E-state index contributed by atoms with van der Waals surface area (Å²) in [6.45, 7) is 1.41. The van der Waals surface area contributed by atoms with Gasteiger partial charge >= 0.3 is 12.0 Å². The number of rotatable bonds is 8. The third-order valence-electron chi connectivity index (χ3n) is 4.18. The fourth-order valence-electron chi connectivity index (χ4n) is 2.79. The van der Waals surface area contributed by atoms with Gasteiger partial charge in [-0.1, -0.05) is 24.3 Å². The Bertz CT molecular complexity index is 1020. The van der Waals surface area contributed by atoms with E-state index in [1.807, 2.05) is 0 Å². The van der Waals surface area contributed by atoms with Crippen LogP contribution in [-0.2, 0) is 16.2 Å². The molecule has 9 heteroatoms. The molecule has 3 amide bonds. The molecule has 1 aliphatic heterocycles. The highest BCUT2D eigenvalue weighted by Gasteiger charge is 2.34. The van der Waals surface area contributed by atoms with E-state index in [1.165, 1.54) is 12.1 Å². The van der Waals surface area contributed by atoms with Gasteiger partial charge in [-0.2, -0.15) is 0 Å². The zero-order chi connectivity index (χ0) is 21.7. The Kier molecular flexibility index (Phi) is 6.31. The van der Waals surface area contributed by atoms with Gasteiger partial charge in [-0.25, -0.2) is 14.1 Å². The van der Waals surface area contributed by atoms with Gasteiger partial charge in [0.1, 0.15) is 24.7 Å². The average Bonchev–Trinajstić information content (AvgIpc) is 2.96. The van der Waals surface area contributed by atoms with Crippen LogP contribution in [0.2, 0.25) is 0 Å². The summed E-state index contributed by atoms with van der Waals surface area (Å²) in [6, 6.07) is 10.3. The number of hydrogen-bond donors (Lipinski definition) is 2. The van der Waals surface area contributed by atoms with Crippen LogP contribution in [-0.4, -0.2) is 41.1 Å². The first-order valence-electron chi connectivity index (χ1n) is 9.08. The molecule has 0 spiro atoms. The lowest BCUT2D eigenvalue weighted by Crippen LogP contribution is -2.35. The minimum Gasteiger partial charge on any atom is -0.490 e. The lowest BCUT2D eigenvalue weighted by Gasteiger charge is -2.13. The van der Waals surface area contributed by atoms with Crippen molar-refractivity contribution in [1.82, 2.24) is 10.2 Å². The Morgan fingerprint density at radius 2 is 1.93 bits per heavy atom. The number of hydrogen-bond acceptors (Lipinski definition) is 5. The van der Waals surface area contributed by atoms with E-state index in [0.29, 0.717) is 34.1 Å². The van der Waals surface area contributed by atoms with E-state index in [9.17, 15) is 18.8 Å². The number of halogens is 1. The van der Waals surface area contributed by atoms with Crippen LogP contribution in [0.15, 0.2) is 48.2 Å². The lowest BCUT2D eigenvalue weighted by atomic mass is 10.1. The van der Waals surface area contributed by atoms with E-state index >= 15 is 0 Å². The number of nitrogens with one attached hydrogen (secondary N) is 1. The standard InChI is InChI=1S/C21H19FN2O6/c1-2-29-18-10-13(9-16-20(27)24(11-19(25)26)21(28)23-16)7-8-17(18)30-12-14-5-3-4-6-15(14)22/h3-10H,2,11-12H2,1H3,(H,23,28)(H,25,26)/b16-9+. The van der Waals surface area contributed by atoms with E-state index in [2.05, 4.69) is 5.32 Å². The number of urea groups is 1. The van der Waals surface area contributed by atoms with Crippen molar-refractivity contribution in [2.75, 3.05) is 13.2 Å². The Balaban J connectivity index is 1.80. The molecule has 0 aliphatic carbocycles. The molecule has 30 heavy (non-hydrogen) atoms. The van der Waals surface area contributed by atoms with Crippen molar-refractivity contribution in [1.29, 1.82) is 0 Å². The van der Waals surface area contributed by atoms with Crippen LogP contribution >= 0.6 is 0 Å². The van der Waals surface area contributed by atoms with Gasteiger partial charge in [0, 0.05) is 5.56 Å². The first-order chi connectivity index (χ1) is 14.4. The zero-order valence-electron chi connectivity index (χ0n) is 16.1. The molecule has 2 aromatic carbocycles. The highest BCUT2D eigenvalue weighted by atomic mass is 19.1. The van der Waals surface area contributed by atoms with E-state index in [-0.39, 0.29) is 18.1 Å². The Morgan fingerprint density at radius 1 is 1.17 bits per heavy atom. The fraction of sp³-hybridized carbons (Fsp3) is 0.190. The Morgan fingerprint density at radius 3 is 2.63 bits per heavy atom. The molecule has 1 heterocycles. The largest absolute Gasteiger partial charge is 0.490 e. The highest BCUT2D eigenvalue weighted by molar-refractivity contribution is 6.15. The van der Waals surface area contributed by atoms with Gasteiger partial charge in [-0.3, -0.25) is 9.59 Å². The number of nitrogens with zero attached hydrogens (tertiary/aromatic N) is 1. The van der Waals surface area contributed by atoms with Crippen molar-refractivity contribution in [3.8, 4) is 11.5 Å². The van der Waals surface area contributed by atoms with Crippen molar-refractivity contribution >= 4 is 24.0 Å². The van der Waals surface area contributed by atoms with Gasteiger partial charge < -0.3 is 19.9 Å². The van der Waals surface area contributed by atoms with Crippen molar-refractivity contribution in [2.24, 2.45) is 0 Å². The molecule has 1 saturated heterocycles. The Labute approximate surface area is 171 Å². The first-order valence-corrected chi connectivity index (χ1v) is 9.08. The summed E-state index contributed by atoms with van der Waals surface area (Å²) in [5.74, 6) is -1.65. The molecule has 0 atom stereocenters. The van der Waals surface area contributed by atoms with Gasteiger partial charge in [0.15, 0.2) is 11.5 Å². The molecule has 1 fully saturated rings. The second-order valence-corrected chi connectivity index (χ2v) is 6.29. The first kappa shape index (κ1) is 20.8. The van der Waals surface area contributed by atoms with E-state index in [1.54, 1.807) is 43.3 Å². The highest BCUT2D eigenvalue weighted by Crippen LogP contribution is 2.30. The minimum atomic E-state index is -1.30. The molecule has 0 radical (unpaired) electrons. The van der Waals surface area contributed by atoms with Crippen molar-refractivity contribution in [3.63, 3.8) is 0 Å². The molecule has 156 valence electrons. The second kappa shape index (κ2) is 9.08. The minimum absolute atomic E-state index is 0.00583. The number of imide groups is 1. The van der Waals surface area contributed by atoms with Crippen LogP contribution in [0, 0.1) is 5.82 Å². The maximum atomic E-state index is 13.8. The van der Waals surface area contributed by atoms with E-state index in [4.69, 9.17) is 14.6 Å². The normalized spacial score (nSPS) is 14.7. The molecular formula is C21H19FN2O6. The van der Waals surface area contributed by atoms with E-state index < -0.39 is 24.5 Å². The number of carboxylic acid groups (broad SMARTS) is 1. The maximum Gasteiger partial charge on any atom is 0.329 e. The summed E-state index contributed by atoms with van der Waals surface area (Å²) in [5.41, 5.74) is 0.866. The SMILES string of the molecule is CCOc1cc(/C=C2/NC(=O)N(CC(=O)O)C2=O)ccc1OCc1ccccc1F. The molecule has 0 unspecified atom stereocenters. The number of carboxylic acids is 1. The molecule has 3 rings (SSSR count). The smallest absolute Gasteiger partial charge is 0.329 e. The van der Waals surface area contributed by atoms with Gasteiger partial charge in [-0.15, -0.1) is 0 Å². The summed E-state index contributed by atoms with van der Waals surface area (Å²) >= 11 is 0. The van der Waals surface area contributed by atoms with Crippen LogP contribution in [0.5, 0.6) is 11.5 Å². The molecule has 2 N–H and O–H groups in total. The predicted octanol–water partition coefficient (Wildman–Crippen LogP) is 2.78. The topological polar surface area (TPSA) is 105 Å². The van der Waals surface area contributed by atoms with Gasteiger partial charge in [-0.05, 0) is 36.8 Å². The summed E-state index contributed by atoms with van der Waals surface area (Å²) in [7, 11) is 0. The maximum absolute atomic E-state index is 13.8. The Hall–Kier alpha value is -3.88. The average molecular weight is 414 g/mol. The molecule has 0 bridgehead atoms. The van der Waals surface area contributed by atoms with Crippen LogP contribution < -0.4 is 14.8 Å². The molecule has 0 aromatic heterocycles. The quantitative estimate of drug-likeness (QED) is 0.508. The van der Waals surface area contributed by atoms with E-state index in [0.717, 1.165) is 0 Å². The molecule has 0 saturated carbocycles. The number of carbonyl (C=O) groups is 3. The summed E-state index contributed by atoms with van der Waals surface area (Å²) in [6.07, 6.45) is 1.41. The van der Waals surface area contributed by atoms with Gasteiger partial charge in [0.05, 0.1) is 6.61 Å². The van der Waals surface area contributed by atoms with Crippen molar-refractivity contribution in [3.05, 3.63) is 65.1 Å². The third-order valence-corrected chi connectivity index (χ3v) is 4.18. The number of benzene rings is 2. The van der Waals surface area contributed by atoms with Crippen molar-refractivity contribution in [2.45, 2.75) is 13.5 Å². The van der Waals surface area contributed by atoms with Crippen LogP contribution in [0.25, 0.3) is 6.08 Å². The monoisotopic (exact) mass is 414 g/mol. The van der Waals surface area contributed by atoms with Gasteiger partial charge in [0.25, 0.3) is 5.91 Å². The zero-order valence-corrected chi connectivity index (χ0v) is 16.1. The fourth-order valence-corrected chi connectivity index (χ4v) is 2.79. The molecule has 8 nitrogen and oxygen atoms in total. The summed E-state index contributed by atoms with van der Waals surface area (Å²) < 4.78 is 25.0. The van der Waals surface area contributed by atoms with Crippen LogP contribution in [0.1, 0.15) is 18.1 Å². The number of carbonyl (C=O) groups excluding carboxylic acids is 2. The second-order valence-electron chi connectivity index (χ2n) is 6.29. The predicted molar refractivity (Wildman–Crippen MR) is 104 cm³/mol. The number of ether oxygens (including phenoxy) is 2.